The predicted molar refractivity (Wildman–Crippen MR) is 80.1 cm³/mol. The number of aldehydes is 1. The van der Waals surface area contributed by atoms with E-state index in [1.165, 1.54) is 31.6 Å². The lowest BCUT2D eigenvalue weighted by Crippen LogP contribution is -2.35. The summed E-state index contributed by atoms with van der Waals surface area (Å²) in [5.41, 5.74) is 3.06. The molecule has 1 aliphatic rings. The van der Waals surface area contributed by atoms with Crippen LogP contribution in [0.5, 0.6) is 0 Å². The van der Waals surface area contributed by atoms with Gasteiger partial charge < -0.3 is 9.80 Å². The van der Waals surface area contributed by atoms with Gasteiger partial charge in [-0.2, -0.15) is 0 Å². The van der Waals surface area contributed by atoms with Crippen LogP contribution >= 0.6 is 0 Å². The topological polar surface area (TPSA) is 23.6 Å². The minimum Gasteiger partial charge on any atom is -0.374 e. The highest BCUT2D eigenvalue weighted by molar-refractivity contribution is 5.78. The van der Waals surface area contributed by atoms with Crippen molar-refractivity contribution < 1.29 is 4.79 Å². The summed E-state index contributed by atoms with van der Waals surface area (Å²) in [6.07, 6.45) is 3.49. The third-order valence-electron chi connectivity index (χ3n) is 4.19. The maximum Gasteiger partial charge on any atom is 0.150 e. The Bertz CT molecular complexity index is 436. The molecule has 0 atom stereocenters. The van der Waals surface area contributed by atoms with E-state index in [0.717, 1.165) is 29.9 Å². The second kappa shape index (κ2) is 6.20. The third-order valence-corrected chi connectivity index (χ3v) is 4.19. The minimum absolute atomic E-state index is 0.784. The molecule has 0 saturated carbocycles. The largest absolute Gasteiger partial charge is 0.374 e. The zero-order chi connectivity index (χ0) is 13.8. The number of benzene rings is 1. The van der Waals surface area contributed by atoms with Crippen molar-refractivity contribution in [3.8, 4) is 0 Å². The van der Waals surface area contributed by atoms with Crippen LogP contribution in [0.15, 0.2) is 18.2 Å². The van der Waals surface area contributed by atoms with Crippen molar-refractivity contribution in [2.75, 3.05) is 38.6 Å². The fraction of sp³-hybridized carbons (Fsp3) is 0.562. The van der Waals surface area contributed by atoms with Gasteiger partial charge in [-0.05, 0) is 69.6 Å². The molecular formula is C16H24N2O. The molecule has 0 spiro atoms. The molecule has 104 valence electrons. The Kier molecular flexibility index (Phi) is 4.59. The Morgan fingerprint density at radius 3 is 2.63 bits per heavy atom. The van der Waals surface area contributed by atoms with Crippen molar-refractivity contribution >= 4 is 12.0 Å². The van der Waals surface area contributed by atoms with E-state index < -0.39 is 0 Å². The van der Waals surface area contributed by atoms with Crippen molar-refractivity contribution in [2.24, 2.45) is 5.92 Å². The molecule has 0 amide bonds. The molecule has 0 unspecified atom stereocenters. The number of nitrogens with zero attached hydrogens (tertiary/aromatic N) is 2. The monoisotopic (exact) mass is 260 g/mol. The highest BCUT2D eigenvalue weighted by Crippen LogP contribution is 2.22. The SMILES string of the molecule is Cc1cc(N(C)CC2CCN(C)CC2)ccc1C=O. The molecule has 1 aromatic rings. The van der Waals surface area contributed by atoms with Gasteiger partial charge in [0, 0.05) is 24.8 Å². The van der Waals surface area contributed by atoms with Gasteiger partial charge in [0.1, 0.15) is 6.29 Å². The van der Waals surface area contributed by atoms with Gasteiger partial charge in [0.15, 0.2) is 0 Å². The summed E-state index contributed by atoms with van der Waals surface area (Å²) in [5.74, 6) is 0.784. The van der Waals surface area contributed by atoms with Crippen LogP contribution in [0.1, 0.15) is 28.8 Å². The lowest BCUT2D eigenvalue weighted by Gasteiger charge is -2.32. The normalized spacial score (nSPS) is 17.4. The second-order valence-electron chi connectivity index (χ2n) is 5.79. The molecule has 1 fully saturated rings. The fourth-order valence-corrected chi connectivity index (χ4v) is 2.77. The molecule has 2 rings (SSSR count). The lowest BCUT2D eigenvalue weighted by atomic mass is 9.96. The van der Waals surface area contributed by atoms with Gasteiger partial charge in [-0.15, -0.1) is 0 Å². The molecule has 0 bridgehead atoms. The molecule has 0 aliphatic carbocycles. The summed E-state index contributed by atoms with van der Waals surface area (Å²) >= 11 is 0. The maximum absolute atomic E-state index is 10.8. The van der Waals surface area contributed by atoms with Gasteiger partial charge in [-0.1, -0.05) is 0 Å². The van der Waals surface area contributed by atoms with Crippen LogP contribution in [0, 0.1) is 12.8 Å². The van der Waals surface area contributed by atoms with Crippen LogP contribution in [0.2, 0.25) is 0 Å². The Hall–Kier alpha value is -1.35. The highest BCUT2D eigenvalue weighted by Gasteiger charge is 2.18. The van der Waals surface area contributed by atoms with E-state index in [2.05, 4.69) is 30.0 Å². The van der Waals surface area contributed by atoms with Crippen LogP contribution in [0.25, 0.3) is 0 Å². The molecule has 1 heterocycles. The van der Waals surface area contributed by atoms with Crippen molar-refractivity contribution in [1.29, 1.82) is 0 Å². The number of carbonyl (C=O) groups excluding carboxylic acids is 1. The van der Waals surface area contributed by atoms with E-state index >= 15 is 0 Å². The molecule has 1 saturated heterocycles. The van der Waals surface area contributed by atoms with Crippen molar-refractivity contribution in [1.82, 2.24) is 4.90 Å². The molecule has 19 heavy (non-hydrogen) atoms. The van der Waals surface area contributed by atoms with E-state index in [-0.39, 0.29) is 0 Å². The van der Waals surface area contributed by atoms with E-state index in [0.29, 0.717) is 0 Å². The summed E-state index contributed by atoms with van der Waals surface area (Å²) in [5, 5.41) is 0. The zero-order valence-electron chi connectivity index (χ0n) is 12.2. The van der Waals surface area contributed by atoms with Crippen LogP contribution < -0.4 is 4.90 Å². The zero-order valence-corrected chi connectivity index (χ0v) is 12.2. The second-order valence-corrected chi connectivity index (χ2v) is 5.79. The first-order valence-electron chi connectivity index (χ1n) is 7.05. The fourth-order valence-electron chi connectivity index (χ4n) is 2.77. The molecule has 0 aromatic heterocycles. The Morgan fingerprint density at radius 1 is 1.37 bits per heavy atom. The third kappa shape index (κ3) is 3.57. The number of rotatable bonds is 4. The summed E-state index contributed by atoms with van der Waals surface area (Å²) in [6.45, 7) is 5.52. The Balaban J connectivity index is 1.97. The predicted octanol–water partition coefficient (Wildman–Crippen LogP) is 2.59. The van der Waals surface area contributed by atoms with Crippen LogP contribution in [0.3, 0.4) is 0 Å². The summed E-state index contributed by atoms with van der Waals surface area (Å²) < 4.78 is 0. The molecule has 1 aliphatic heterocycles. The molecular weight excluding hydrogens is 236 g/mol. The summed E-state index contributed by atoms with van der Waals surface area (Å²) in [4.78, 5) is 15.6. The molecule has 0 N–H and O–H groups in total. The first kappa shape index (κ1) is 14.1. The minimum atomic E-state index is 0.784. The van der Waals surface area contributed by atoms with E-state index in [1.54, 1.807) is 0 Å². The van der Waals surface area contributed by atoms with Crippen molar-refractivity contribution in [3.63, 3.8) is 0 Å². The molecule has 1 aromatic carbocycles. The van der Waals surface area contributed by atoms with E-state index in [9.17, 15) is 4.79 Å². The standard InChI is InChI=1S/C16H24N2O/c1-13-10-16(5-4-15(13)12-19)18(3)11-14-6-8-17(2)9-7-14/h4-5,10,12,14H,6-9,11H2,1-3H3. The molecule has 3 heteroatoms. The Morgan fingerprint density at radius 2 is 2.05 bits per heavy atom. The average Bonchev–Trinajstić information content (AvgIpc) is 2.41. The van der Waals surface area contributed by atoms with Crippen molar-refractivity contribution in [2.45, 2.75) is 19.8 Å². The van der Waals surface area contributed by atoms with Gasteiger partial charge in [0.2, 0.25) is 0 Å². The van der Waals surface area contributed by atoms with E-state index in [4.69, 9.17) is 0 Å². The number of hydrogen-bond acceptors (Lipinski definition) is 3. The van der Waals surface area contributed by atoms with Crippen molar-refractivity contribution in [3.05, 3.63) is 29.3 Å². The number of piperidine rings is 1. The quantitative estimate of drug-likeness (QED) is 0.777. The van der Waals surface area contributed by atoms with Gasteiger partial charge in [0.25, 0.3) is 0 Å². The van der Waals surface area contributed by atoms with E-state index in [1.807, 2.05) is 19.1 Å². The number of hydrogen-bond donors (Lipinski definition) is 0. The first-order chi connectivity index (χ1) is 9.10. The highest BCUT2D eigenvalue weighted by atomic mass is 16.1. The van der Waals surface area contributed by atoms with Gasteiger partial charge in [-0.3, -0.25) is 4.79 Å². The van der Waals surface area contributed by atoms with Crippen LogP contribution in [0.4, 0.5) is 5.69 Å². The van der Waals surface area contributed by atoms with Gasteiger partial charge in [-0.25, -0.2) is 0 Å². The number of anilines is 1. The first-order valence-corrected chi connectivity index (χ1v) is 7.05. The number of aryl methyl sites for hydroxylation is 1. The molecule has 3 nitrogen and oxygen atoms in total. The van der Waals surface area contributed by atoms with Gasteiger partial charge in [0.05, 0.1) is 0 Å². The van der Waals surface area contributed by atoms with Crippen LogP contribution in [-0.4, -0.2) is 44.9 Å². The smallest absolute Gasteiger partial charge is 0.150 e. The van der Waals surface area contributed by atoms with Crippen LogP contribution in [-0.2, 0) is 0 Å². The number of carbonyl (C=O) groups is 1. The Labute approximate surface area is 116 Å². The number of likely N-dealkylation sites (tertiary alicyclic amines) is 1. The lowest BCUT2D eigenvalue weighted by molar-refractivity contribution is 0.112. The average molecular weight is 260 g/mol. The molecule has 0 radical (unpaired) electrons. The summed E-state index contributed by atoms with van der Waals surface area (Å²) in [6, 6.07) is 6.08. The van der Waals surface area contributed by atoms with Gasteiger partial charge >= 0.3 is 0 Å². The summed E-state index contributed by atoms with van der Waals surface area (Å²) in [7, 11) is 4.34. The maximum atomic E-state index is 10.8.